The Hall–Kier alpha value is -4.03. The maximum absolute atomic E-state index is 13.6. The molecule has 2 unspecified atom stereocenters. The van der Waals surface area contributed by atoms with Gasteiger partial charge >= 0.3 is 6.18 Å². The summed E-state index contributed by atoms with van der Waals surface area (Å²) in [7, 11) is 0. The Morgan fingerprint density at radius 2 is 1.89 bits per heavy atom. The Labute approximate surface area is 197 Å². The molecule has 0 saturated carbocycles. The summed E-state index contributed by atoms with van der Waals surface area (Å²) in [6.07, 6.45) is -4.88. The lowest BCUT2D eigenvalue weighted by Crippen LogP contribution is -2.35. The summed E-state index contributed by atoms with van der Waals surface area (Å²) >= 11 is 0. The van der Waals surface area contributed by atoms with Crippen LogP contribution >= 0.6 is 0 Å². The zero-order chi connectivity index (χ0) is 25.3. The average molecular weight is 486 g/mol. The average Bonchev–Trinajstić information content (AvgIpc) is 3.24. The maximum Gasteiger partial charge on any atom is 0.418 e. The summed E-state index contributed by atoms with van der Waals surface area (Å²) < 4.78 is 41.8. The first kappa shape index (κ1) is 24.1. The fourth-order valence-electron chi connectivity index (χ4n) is 3.67. The van der Waals surface area contributed by atoms with Crippen molar-refractivity contribution in [3.63, 3.8) is 0 Å². The van der Waals surface area contributed by atoms with E-state index in [1.165, 1.54) is 12.3 Å². The van der Waals surface area contributed by atoms with Crippen LogP contribution in [0.25, 0.3) is 16.8 Å². The largest absolute Gasteiger partial charge is 0.418 e. The van der Waals surface area contributed by atoms with Crippen molar-refractivity contribution < 1.29 is 28.2 Å². The molecule has 1 aromatic carbocycles. The van der Waals surface area contributed by atoms with Crippen molar-refractivity contribution in [3.05, 3.63) is 77.4 Å². The van der Waals surface area contributed by atoms with Gasteiger partial charge in [-0.05, 0) is 24.6 Å². The van der Waals surface area contributed by atoms with Crippen LogP contribution < -0.4 is 11.1 Å². The molecule has 9 nitrogen and oxygen atoms in total. The fraction of sp³-hybridized carbons (Fsp3) is 0.217. The van der Waals surface area contributed by atoms with Crippen LogP contribution in [-0.2, 0) is 6.18 Å². The van der Waals surface area contributed by atoms with Crippen molar-refractivity contribution >= 4 is 17.2 Å². The third-order valence-corrected chi connectivity index (χ3v) is 5.49. The van der Waals surface area contributed by atoms with Crippen molar-refractivity contribution in [2.45, 2.75) is 25.3 Å². The molecule has 0 saturated heterocycles. The molecule has 35 heavy (non-hydrogen) atoms. The van der Waals surface area contributed by atoms with Crippen molar-refractivity contribution in [1.82, 2.24) is 24.9 Å². The van der Waals surface area contributed by atoms with Crippen LogP contribution in [0.3, 0.4) is 0 Å². The van der Waals surface area contributed by atoms with Gasteiger partial charge in [0.25, 0.3) is 5.91 Å². The minimum atomic E-state index is -4.71. The second kappa shape index (κ2) is 9.31. The normalized spacial score (nSPS) is 13.5. The number of amides is 1. The number of nitrogens with two attached hydrogens (primary N) is 1. The van der Waals surface area contributed by atoms with Crippen molar-refractivity contribution in [2.24, 2.45) is 0 Å². The van der Waals surface area contributed by atoms with E-state index in [9.17, 15) is 28.2 Å². The Bertz CT molecular complexity index is 1370. The lowest BCUT2D eigenvalue weighted by atomic mass is 10.0. The van der Waals surface area contributed by atoms with E-state index in [0.717, 1.165) is 16.9 Å². The molecule has 3 heterocycles. The number of aliphatic hydroxyl groups excluding tert-OH is 2. The zero-order valence-corrected chi connectivity index (χ0v) is 18.4. The molecule has 4 rings (SSSR count). The molecule has 0 bridgehead atoms. The number of aryl methyl sites for hydroxylation is 1. The first-order valence-electron chi connectivity index (χ1n) is 10.4. The number of alkyl halides is 3. The molecule has 2 atom stereocenters. The number of aromatic nitrogens is 4. The summed E-state index contributed by atoms with van der Waals surface area (Å²) in [6, 6.07) is 10.7. The number of pyridine rings is 1. The van der Waals surface area contributed by atoms with Gasteiger partial charge in [-0.2, -0.15) is 18.3 Å². The molecule has 0 radical (unpaired) electrons. The van der Waals surface area contributed by atoms with Crippen LogP contribution in [0.1, 0.15) is 33.3 Å². The minimum Gasteiger partial charge on any atom is -0.388 e. The van der Waals surface area contributed by atoms with Gasteiger partial charge in [-0.25, -0.2) is 9.50 Å². The van der Waals surface area contributed by atoms with Crippen LogP contribution in [0.4, 0.5) is 19.0 Å². The van der Waals surface area contributed by atoms with Crippen molar-refractivity contribution in [3.8, 4) is 11.3 Å². The SMILES string of the molecule is Cc1ncc(-c2cc(C(F)(F)F)c3c(N)ncnn23)cc1C(=O)NCC(O)C(O)c1ccccc1. The smallest absolute Gasteiger partial charge is 0.388 e. The number of hydrogen-bond donors (Lipinski definition) is 4. The summed E-state index contributed by atoms with van der Waals surface area (Å²) in [5.74, 6) is -0.968. The monoisotopic (exact) mass is 486 g/mol. The fourth-order valence-corrected chi connectivity index (χ4v) is 3.67. The quantitative estimate of drug-likeness (QED) is 0.329. The Morgan fingerprint density at radius 3 is 2.57 bits per heavy atom. The molecule has 182 valence electrons. The van der Waals surface area contributed by atoms with Crippen LogP contribution in [0.5, 0.6) is 0 Å². The molecule has 3 aromatic heterocycles. The maximum atomic E-state index is 13.6. The van der Waals surface area contributed by atoms with Gasteiger partial charge in [0.2, 0.25) is 0 Å². The number of nitrogens with one attached hydrogen (secondary N) is 1. The van der Waals surface area contributed by atoms with Crippen molar-refractivity contribution in [1.29, 1.82) is 0 Å². The molecule has 0 aliphatic rings. The summed E-state index contributed by atoms with van der Waals surface area (Å²) in [6.45, 7) is 1.29. The molecular weight excluding hydrogens is 465 g/mol. The number of carbonyl (C=O) groups is 1. The molecule has 0 aliphatic carbocycles. The molecule has 0 spiro atoms. The molecule has 4 aromatic rings. The molecular formula is C23H21F3N6O3. The van der Waals surface area contributed by atoms with Crippen molar-refractivity contribution in [2.75, 3.05) is 12.3 Å². The summed E-state index contributed by atoms with van der Waals surface area (Å²) in [5.41, 5.74) is 5.35. The van der Waals surface area contributed by atoms with Crippen LogP contribution in [0.2, 0.25) is 0 Å². The topological polar surface area (TPSA) is 139 Å². The van der Waals surface area contributed by atoms with Gasteiger partial charge in [0.1, 0.15) is 24.1 Å². The van der Waals surface area contributed by atoms with Gasteiger partial charge in [-0.3, -0.25) is 9.78 Å². The van der Waals surface area contributed by atoms with Crippen LogP contribution in [0.15, 0.2) is 55.0 Å². The Morgan fingerprint density at radius 1 is 1.17 bits per heavy atom. The predicted molar refractivity (Wildman–Crippen MR) is 120 cm³/mol. The number of aliphatic hydroxyl groups is 2. The third kappa shape index (κ3) is 4.79. The second-order valence-electron chi connectivity index (χ2n) is 7.84. The Balaban J connectivity index is 1.62. The number of carbonyl (C=O) groups excluding carboxylic acids is 1. The molecule has 12 heteroatoms. The number of anilines is 1. The lowest BCUT2D eigenvalue weighted by Gasteiger charge is -2.19. The molecule has 1 amide bonds. The summed E-state index contributed by atoms with van der Waals surface area (Å²) in [5, 5.41) is 27.0. The lowest BCUT2D eigenvalue weighted by molar-refractivity contribution is -0.136. The first-order chi connectivity index (χ1) is 16.6. The number of rotatable bonds is 6. The zero-order valence-electron chi connectivity index (χ0n) is 18.4. The number of hydrogen-bond acceptors (Lipinski definition) is 7. The standard InChI is InChI=1S/C23H21F3N6O3/c1-12-15(22(35)29-10-18(33)20(34)13-5-3-2-4-6-13)7-14(9-28-12)17-8-16(23(24,25)26)19-21(27)30-11-31-32(17)19/h2-9,11,18,20,33-34H,10H2,1H3,(H,29,35)(H2,27,30,31). The second-order valence-corrected chi connectivity index (χ2v) is 7.84. The first-order valence-corrected chi connectivity index (χ1v) is 10.4. The third-order valence-electron chi connectivity index (χ3n) is 5.49. The molecule has 5 N–H and O–H groups in total. The number of fused-ring (bicyclic) bond motifs is 1. The van der Waals surface area contributed by atoms with E-state index in [-0.39, 0.29) is 29.2 Å². The highest BCUT2D eigenvalue weighted by molar-refractivity contribution is 5.96. The van der Waals surface area contributed by atoms with E-state index in [4.69, 9.17) is 5.73 Å². The number of nitrogens with zero attached hydrogens (tertiary/aromatic N) is 4. The van der Waals surface area contributed by atoms with E-state index < -0.39 is 35.4 Å². The van der Waals surface area contributed by atoms with Gasteiger partial charge in [-0.15, -0.1) is 0 Å². The number of benzene rings is 1. The number of halogens is 3. The Kier molecular flexibility index (Phi) is 6.41. The minimum absolute atomic E-state index is 0.0162. The van der Waals surface area contributed by atoms with E-state index in [1.807, 2.05) is 0 Å². The van der Waals surface area contributed by atoms with E-state index >= 15 is 0 Å². The van der Waals surface area contributed by atoms with E-state index in [1.54, 1.807) is 37.3 Å². The van der Waals surface area contributed by atoms with Crippen LogP contribution in [0, 0.1) is 6.92 Å². The van der Waals surface area contributed by atoms with E-state index in [2.05, 4.69) is 20.4 Å². The molecule has 0 aliphatic heterocycles. The summed E-state index contributed by atoms with van der Waals surface area (Å²) in [4.78, 5) is 20.6. The highest BCUT2D eigenvalue weighted by Gasteiger charge is 2.36. The highest BCUT2D eigenvalue weighted by Crippen LogP contribution is 2.38. The van der Waals surface area contributed by atoms with Gasteiger partial charge in [0.15, 0.2) is 5.82 Å². The molecule has 0 fully saturated rings. The highest BCUT2D eigenvalue weighted by atomic mass is 19.4. The van der Waals surface area contributed by atoms with Gasteiger partial charge in [-0.1, -0.05) is 30.3 Å². The van der Waals surface area contributed by atoms with E-state index in [0.29, 0.717) is 11.3 Å². The van der Waals surface area contributed by atoms with Gasteiger partial charge in [0, 0.05) is 18.3 Å². The van der Waals surface area contributed by atoms with Gasteiger partial charge in [0.05, 0.1) is 22.5 Å². The van der Waals surface area contributed by atoms with Crippen LogP contribution in [-0.4, -0.2) is 48.4 Å². The van der Waals surface area contributed by atoms with Gasteiger partial charge < -0.3 is 21.3 Å². The number of nitrogen functional groups attached to an aromatic ring is 1. The predicted octanol–water partition coefficient (Wildman–Crippen LogP) is 2.53.